The maximum atomic E-state index is 10.4. The molecule has 1 aliphatic heterocycles. The minimum Gasteiger partial charge on any atom is -0.435 e. The molecule has 1 aromatic carbocycles. The van der Waals surface area contributed by atoms with Gasteiger partial charge in [0.2, 0.25) is 11.6 Å². The Morgan fingerprint density at radius 2 is 1.93 bits per heavy atom. The lowest BCUT2D eigenvalue weighted by Crippen LogP contribution is -2.13. The fourth-order valence-electron chi connectivity index (χ4n) is 2.57. The number of anilines is 1. The van der Waals surface area contributed by atoms with Gasteiger partial charge in [0.05, 0.1) is 11.9 Å². The zero-order valence-corrected chi connectivity index (χ0v) is 15.5. The molecule has 0 amide bonds. The van der Waals surface area contributed by atoms with Crippen LogP contribution in [0.2, 0.25) is 0 Å². The number of nitrogens with zero attached hydrogens (tertiary/aromatic N) is 8. The summed E-state index contributed by atoms with van der Waals surface area (Å²) in [6.07, 6.45) is 5.71. The molecule has 10 heteroatoms. The molecule has 0 atom stereocenters. The summed E-state index contributed by atoms with van der Waals surface area (Å²) in [6.45, 7) is 0. The summed E-state index contributed by atoms with van der Waals surface area (Å²) in [6, 6.07) is 7.61. The van der Waals surface area contributed by atoms with Gasteiger partial charge in [0.25, 0.3) is 5.90 Å². The van der Waals surface area contributed by atoms with Gasteiger partial charge >= 0.3 is 0 Å². The zero-order chi connectivity index (χ0) is 20.2. The fourth-order valence-corrected chi connectivity index (χ4v) is 2.57. The van der Waals surface area contributed by atoms with Crippen molar-refractivity contribution in [2.45, 2.75) is 0 Å². The van der Waals surface area contributed by atoms with E-state index in [0.717, 1.165) is 11.9 Å². The van der Waals surface area contributed by atoms with E-state index in [9.17, 15) is 4.79 Å². The van der Waals surface area contributed by atoms with Gasteiger partial charge in [-0.1, -0.05) is 0 Å². The van der Waals surface area contributed by atoms with Crippen LogP contribution < -0.4 is 4.90 Å². The van der Waals surface area contributed by atoms with Crippen LogP contribution in [0.1, 0.15) is 5.82 Å². The lowest BCUT2D eigenvalue weighted by atomic mass is 10.2. The van der Waals surface area contributed by atoms with Crippen LogP contribution in [0.4, 0.5) is 11.4 Å². The predicted octanol–water partition coefficient (Wildman–Crippen LogP) is 1.61. The van der Waals surface area contributed by atoms with E-state index in [1.807, 2.05) is 43.3 Å². The number of carbonyl (C=O) groups excluding carboxylic acids is 1. The molecule has 3 heterocycles. The van der Waals surface area contributed by atoms with E-state index in [2.05, 4.69) is 36.0 Å². The van der Waals surface area contributed by atoms with Crippen molar-refractivity contribution in [3.05, 3.63) is 60.7 Å². The number of aromatic nitrogens is 5. The van der Waals surface area contributed by atoms with Crippen LogP contribution in [0.3, 0.4) is 0 Å². The van der Waals surface area contributed by atoms with Crippen molar-refractivity contribution >= 4 is 28.9 Å². The summed E-state index contributed by atoms with van der Waals surface area (Å²) in [4.78, 5) is 25.2. The molecule has 0 spiro atoms. The number of hydrogen-bond acceptors (Lipinski definition) is 9. The molecule has 0 saturated carbocycles. The van der Waals surface area contributed by atoms with E-state index in [1.165, 1.54) is 10.6 Å². The summed E-state index contributed by atoms with van der Waals surface area (Å²) in [5.74, 6) is 2.39. The molecule has 29 heavy (non-hydrogen) atoms. The first-order valence-corrected chi connectivity index (χ1v) is 8.46. The lowest BCUT2D eigenvalue weighted by Gasteiger charge is -2.11. The Kier molecular flexibility index (Phi) is 4.77. The molecule has 3 aromatic rings. The zero-order valence-electron chi connectivity index (χ0n) is 15.5. The molecule has 1 aliphatic rings. The maximum absolute atomic E-state index is 10.4. The topological polar surface area (TPSA) is 111 Å². The van der Waals surface area contributed by atoms with Crippen molar-refractivity contribution in [2.75, 3.05) is 19.0 Å². The second-order valence-corrected chi connectivity index (χ2v) is 6.01. The van der Waals surface area contributed by atoms with Crippen LogP contribution in [0, 0.1) is 0 Å². The predicted molar refractivity (Wildman–Crippen MR) is 106 cm³/mol. The van der Waals surface area contributed by atoms with Gasteiger partial charge in [-0.2, -0.15) is 4.68 Å². The SMILES string of the molecule is CN(C)c1ccc(/N=C2/C(OC=C=C=O)=Nn3c2nnc3-c2cnccn2)cc1. The molecule has 0 aliphatic carbocycles. The Morgan fingerprint density at radius 3 is 2.62 bits per heavy atom. The second kappa shape index (κ2) is 7.69. The quantitative estimate of drug-likeness (QED) is 0.380. The van der Waals surface area contributed by atoms with E-state index < -0.39 is 0 Å². The first-order valence-electron chi connectivity index (χ1n) is 8.46. The summed E-state index contributed by atoms with van der Waals surface area (Å²) < 4.78 is 6.87. The molecule has 10 nitrogen and oxygen atoms in total. The molecule has 2 aromatic heterocycles. The number of hydrogen-bond donors (Lipinski definition) is 0. The molecule has 0 bridgehead atoms. The van der Waals surface area contributed by atoms with E-state index in [-0.39, 0.29) is 5.90 Å². The summed E-state index contributed by atoms with van der Waals surface area (Å²) in [5.41, 5.74) is 4.75. The molecule has 0 saturated heterocycles. The van der Waals surface area contributed by atoms with E-state index in [0.29, 0.717) is 28.7 Å². The van der Waals surface area contributed by atoms with E-state index in [1.54, 1.807) is 18.6 Å². The highest BCUT2D eigenvalue weighted by Crippen LogP contribution is 2.24. The van der Waals surface area contributed by atoms with Crippen LogP contribution in [0.25, 0.3) is 11.5 Å². The minimum absolute atomic E-state index is 0.138. The van der Waals surface area contributed by atoms with Crippen molar-refractivity contribution in [3.8, 4) is 11.5 Å². The third kappa shape index (κ3) is 3.57. The number of benzene rings is 1. The number of fused-ring (bicyclic) bond motifs is 1. The monoisotopic (exact) mass is 386 g/mol. The molecule has 0 N–H and O–H groups in total. The van der Waals surface area contributed by atoms with E-state index >= 15 is 0 Å². The molecule has 0 fully saturated rings. The van der Waals surface area contributed by atoms with Crippen molar-refractivity contribution in [3.63, 3.8) is 0 Å². The van der Waals surface area contributed by atoms with Gasteiger partial charge in [0.1, 0.15) is 12.0 Å². The normalized spacial score (nSPS) is 13.3. The smallest absolute Gasteiger partial charge is 0.267 e. The van der Waals surface area contributed by atoms with Gasteiger partial charge in [-0.3, -0.25) is 4.98 Å². The highest BCUT2D eigenvalue weighted by atomic mass is 16.5. The first kappa shape index (κ1) is 18.0. The molecular formula is C19H14N8O2. The highest BCUT2D eigenvalue weighted by molar-refractivity contribution is 6.46. The van der Waals surface area contributed by atoms with Crippen LogP contribution in [0.15, 0.2) is 64.9 Å². The molecule has 0 radical (unpaired) electrons. The van der Waals surface area contributed by atoms with Crippen molar-refractivity contribution in [2.24, 2.45) is 10.1 Å². The Labute approximate surface area is 165 Å². The number of aliphatic imine (C=N–C) groups is 1. The van der Waals surface area contributed by atoms with Gasteiger partial charge in [-0.15, -0.1) is 15.3 Å². The van der Waals surface area contributed by atoms with Crippen molar-refractivity contribution in [1.82, 2.24) is 24.8 Å². The summed E-state index contributed by atoms with van der Waals surface area (Å²) >= 11 is 0. The van der Waals surface area contributed by atoms with Crippen LogP contribution in [-0.2, 0) is 9.53 Å². The summed E-state index contributed by atoms with van der Waals surface area (Å²) in [5, 5.41) is 12.7. The Bertz CT molecular complexity index is 1180. The molecule has 0 unspecified atom stereocenters. The molecule has 4 rings (SSSR count). The van der Waals surface area contributed by atoms with Crippen molar-refractivity contribution < 1.29 is 9.53 Å². The van der Waals surface area contributed by atoms with Crippen molar-refractivity contribution in [1.29, 1.82) is 0 Å². The number of ether oxygens (including phenoxy) is 1. The average molecular weight is 386 g/mol. The standard InChI is InChI=1S/C19H14N8O2/c1-26(2)14-6-4-13(5-7-14)22-16-18-24-23-17(15-12-20-8-9-21-15)27(18)25-19(16)29-11-3-10-28/h4-9,11-12H,1-2H3/b22-16+. The third-order valence-electron chi connectivity index (χ3n) is 3.93. The Morgan fingerprint density at radius 1 is 1.14 bits per heavy atom. The Hall–Kier alpha value is -4.39. The minimum atomic E-state index is 0.138. The average Bonchev–Trinajstić information content (AvgIpc) is 3.29. The largest absolute Gasteiger partial charge is 0.435 e. The first-order chi connectivity index (χ1) is 14.2. The van der Waals surface area contributed by atoms with Gasteiger partial charge in [-0.05, 0) is 24.3 Å². The molecular weight excluding hydrogens is 372 g/mol. The van der Waals surface area contributed by atoms with Crippen LogP contribution in [0.5, 0.6) is 0 Å². The maximum Gasteiger partial charge on any atom is 0.267 e. The van der Waals surface area contributed by atoms with Gasteiger partial charge in [-0.25, -0.2) is 14.8 Å². The van der Waals surface area contributed by atoms with E-state index in [4.69, 9.17) is 4.74 Å². The van der Waals surface area contributed by atoms with Crippen LogP contribution in [-0.4, -0.2) is 56.5 Å². The third-order valence-corrected chi connectivity index (χ3v) is 3.93. The van der Waals surface area contributed by atoms with Gasteiger partial charge < -0.3 is 9.64 Å². The van der Waals surface area contributed by atoms with Gasteiger partial charge in [0.15, 0.2) is 11.7 Å². The molecule has 142 valence electrons. The highest BCUT2D eigenvalue weighted by Gasteiger charge is 2.30. The fraction of sp³-hybridized carbons (Fsp3) is 0.105. The lowest BCUT2D eigenvalue weighted by molar-refractivity contribution is 0.479. The van der Waals surface area contributed by atoms with Crippen LogP contribution >= 0.6 is 0 Å². The number of rotatable bonds is 4. The second-order valence-electron chi connectivity index (χ2n) is 6.01. The summed E-state index contributed by atoms with van der Waals surface area (Å²) in [7, 11) is 3.92. The Balaban J connectivity index is 1.78. The van der Waals surface area contributed by atoms with Gasteiger partial charge in [0, 0.05) is 37.9 Å².